The maximum absolute atomic E-state index is 13.0. The van der Waals surface area contributed by atoms with E-state index in [0.717, 1.165) is 17.1 Å². The molecular weight excluding hydrogens is 446 g/mol. The number of benzene rings is 1. The van der Waals surface area contributed by atoms with Crippen molar-refractivity contribution in [3.05, 3.63) is 45.3 Å². The Morgan fingerprint density at radius 3 is 2.35 bits per heavy atom. The molecule has 1 N–H and O–H groups in total. The number of aliphatic carboxylic acids is 1. The molecule has 8 heteroatoms. The van der Waals surface area contributed by atoms with E-state index >= 15 is 0 Å². The maximum Gasteiger partial charge on any atom is 0.354 e. The molecule has 0 spiro atoms. The van der Waals surface area contributed by atoms with Crippen LogP contribution in [-0.4, -0.2) is 46.9 Å². The van der Waals surface area contributed by atoms with Gasteiger partial charge in [-0.2, -0.15) is 0 Å². The first-order valence-electron chi connectivity index (χ1n) is 10.8. The highest BCUT2D eigenvalue weighted by molar-refractivity contribution is 8.23. The number of carbonyl (C=O) groups is 2. The second kappa shape index (κ2) is 7.97. The van der Waals surface area contributed by atoms with Gasteiger partial charge in [-0.15, -0.1) is 11.8 Å². The van der Waals surface area contributed by atoms with Crippen molar-refractivity contribution in [2.45, 2.75) is 75.4 Å². The fraction of sp³-hybridized carbons (Fsp3) is 0.565. The molecule has 1 amide bonds. The van der Waals surface area contributed by atoms with Gasteiger partial charge in [0.05, 0.1) is 16.3 Å². The first-order chi connectivity index (χ1) is 14.4. The summed E-state index contributed by atoms with van der Waals surface area (Å²) in [5, 5.41) is 10.1. The summed E-state index contributed by atoms with van der Waals surface area (Å²) in [5.74, 6) is -1.43. The fourth-order valence-electron chi connectivity index (χ4n) is 4.29. The molecule has 2 heterocycles. The number of carboxylic acid groups (broad SMARTS) is 1. The molecule has 0 radical (unpaired) electrons. The molecule has 168 valence electrons. The minimum atomic E-state index is -2.02. The topological polar surface area (TPSA) is 66.8 Å². The Morgan fingerprint density at radius 2 is 1.84 bits per heavy atom. The van der Waals surface area contributed by atoms with Gasteiger partial charge in [-0.3, -0.25) is 9.69 Å². The Labute approximate surface area is 194 Å². The Morgan fingerprint density at radius 1 is 1.26 bits per heavy atom. The maximum atomic E-state index is 13.0. The number of hydrogen-bond donors (Lipinski definition) is 1. The molecule has 3 aliphatic rings. The first kappa shape index (κ1) is 23.0. The van der Waals surface area contributed by atoms with E-state index in [0.29, 0.717) is 5.25 Å². The molecule has 3 atom stereocenters. The molecule has 5 nitrogen and oxygen atoms in total. The third-order valence-electron chi connectivity index (χ3n) is 7.03. The Kier molecular flexibility index (Phi) is 5.90. The third kappa shape index (κ3) is 4.00. The van der Waals surface area contributed by atoms with Crippen LogP contribution in [0.2, 0.25) is 18.1 Å². The van der Waals surface area contributed by atoms with Crippen molar-refractivity contribution in [3.63, 3.8) is 0 Å². The molecule has 0 saturated carbocycles. The van der Waals surface area contributed by atoms with Crippen molar-refractivity contribution >= 4 is 43.7 Å². The Balaban J connectivity index is 1.49. The lowest BCUT2D eigenvalue weighted by atomic mass is 9.92. The van der Waals surface area contributed by atoms with E-state index in [1.165, 1.54) is 27.8 Å². The zero-order valence-electron chi connectivity index (χ0n) is 19.0. The summed E-state index contributed by atoms with van der Waals surface area (Å²) in [6.45, 7) is 12.9. The van der Waals surface area contributed by atoms with Crippen LogP contribution >= 0.6 is 23.5 Å². The molecule has 2 aliphatic heterocycles. The van der Waals surface area contributed by atoms with Crippen molar-refractivity contribution < 1.29 is 19.1 Å². The third-order valence-corrected chi connectivity index (χ3v) is 14.4. The van der Waals surface area contributed by atoms with Gasteiger partial charge in [0.25, 0.3) is 0 Å². The summed E-state index contributed by atoms with van der Waals surface area (Å²) in [6, 6.07) is 8.40. The Hall–Kier alpha value is -1.22. The molecule has 1 saturated heterocycles. The number of carboxylic acids is 1. The SMILES string of the molecule is C[C@H](O[Si](C)(C)C(C)(C)C)[C@@H]1C(=O)N2C(C(=O)O)=C(SC3Cc4ccccc4C3)S[C@H]12. The monoisotopic (exact) mass is 477 g/mol. The number of amides is 1. The number of fused-ring (bicyclic) bond motifs is 2. The van der Waals surface area contributed by atoms with Crippen LogP contribution in [0.4, 0.5) is 0 Å². The first-order valence-corrected chi connectivity index (χ1v) is 15.5. The van der Waals surface area contributed by atoms with E-state index < -0.39 is 14.3 Å². The summed E-state index contributed by atoms with van der Waals surface area (Å²) in [4.78, 5) is 26.6. The minimum Gasteiger partial charge on any atom is -0.477 e. The number of β-lactam (4-membered cyclic amide) rings is 1. The molecule has 1 aliphatic carbocycles. The number of nitrogens with zero attached hydrogens (tertiary/aromatic N) is 1. The molecule has 4 rings (SSSR count). The van der Waals surface area contributed by atoms with Gasteiger partial charge in [-0.05, 0) is 49.0 Å². The molecular formula is C23H31NO4S2Si. The van der Waals surface area contributed by atoms with Crippen molar-refractivity contribution in [1.29, 1.82) is 0 Å². The van der Waals surface area contributed by atoms with Crippen molar-refractivity contribution in [2.75, 3.05) is 0 Å². The van der Waals surface area contributed by atoms with E-state index in [2.05, 4.69) is 58.1 Å². The van der Waals surface area contributed by atoms with Gasteiger partial charge < -0.3 is 9.53 Å². The van der Waals surface area contributed by atoms with Crippen LogP contribution in [0.3, 0.4) is 0 Å². The van der Waals surface area contributed by atoms with Gasteiger partial charge >= 0.3 is 5.97 Å². The lowest BCUT2D eigenvalue weighted by molar-refractivity contribution is -0.156. The molecule has 1 aromatic rings. The fourth-order valence-corrected chi connectivity index (χ4v) is 9.09. The van der Waals surface area contributed by atoms with Crippen molar-refractivity contribution in [2.24, 2.45) is 5.92 Å². The number of thioether (sulfide) groups is 2. The van der Waals surface area contributed by atoms with Gasteiger partial charge in [0.1, 0.15) is 5.37 Å². The zero-order valence-corrected chi connectivity index (χ0v) is 21.6. The van der Waals surface area contributed by atoms with Crippen LogP contribution in [-0.2, 0) is 26.9 Å². The minimum absolute atomic E-state index is 0.0551. The average Bonchev–Trinajstić information content (AvgIpc) is 3.19. The standard InChI is InChI=1S/C23H31NO4S2Si/c1-13(28-31(5,6)23(2,3)4)17-19(25)24-18(21(26)27)22(30-20(17)24)29-16-11-14-9-7-8-10-15(14)12-16/h7-10,13,16-17,20H,11-12H2,1-6H3,(H,26,27)/t13-,17+,20+/m0/s1. The van der Waals surface area contributed by atoms with Crippen molar-refractivity contribution in [1.82, 2.24) is 4.90 Å². The lowest BCUT2D eigenvalue weighted by Gasteiger charge is -2.48. The molecule has 1 aromatic carbocycles. The number of carbonyl (C=O) groups excluding carboxylic acids is 1. The average molecular weight is 478 g/mol. The van der Waals surface area contributed by atoms with Crippen LogP contribution in [0.1, 0.15) is 38.8 Å². The molecule has 0 aromatic heterocycles. The summed E-state index contributed by atoms with van der Waals surface area (Å²) >= 11 is 3.16. The highest BCUT2D eigenvalue weighted by Crippen LogP contribution is 2.56. The quantitative estimate of drug-likeness (QED) is 0.455. The molecule has 0 bridgehead atoms. The highest BCUT2D eigenvalue weighted by Gasteiger charge is 2.59. The smallest absolute Gasteiger partial charge is 0.354 e. The number of rotatable bonds is 6. The van der Waals surface area contributed by atoms with E-state index in [4.69, 9.17) is 4.43 Å². The number of hydrogen-bond acceptors (Lipinski definition) is 5. The summed E-state index contributed by atoms with van der Waals surface area (Å²) in [5.41, 5.74) is 2.85. The second-order valence-corrected chi connectivity index (χ2v) is 17.6. The van der Waals surface area contributed by atoms with Crippen LogP contribution < -0.4 is 0 Å². The summed E-state index contributed by atoms with van der Waals surface area (Å²) in [6.07, 6.45) is 1.65. The predicted octanol–water partition coefficient (Wildman–Crippen LogP) is 5.08. The summed E-state index contributed by atoms with van der Waals surface area (Å²) < 4.78 is 7.27. The van der Waals surface area contributed by atoms with E-state index in [1.54, 1.807) is 11.8 Å². The molecule has 1 fully saturated rings. The van der Waals surface area contributed by atoms with Crippen LogP contribution in [0.25, 0.3) is 0 Å². The van der Waals surface area contributed by atoms with Crippen LogP contribution in [0, 0.1) is 5.92 Å². The molecule has 0 unspecified atom stereocenters. The Bertz CT molecular complexity index is 930. The van der Waals surface area contributed by atoms with Gasteiger partial charge in [0, 0.05) is 5.25 Å². The van der Waals surface area contributed by atoms with Crippen LogP contribution in [0.5, 0.6) is 0 Å². The van der Waals surface area contributed by atoms with E-state index in [-0.39, 0.29) is 34.0 Å². The lowest BCUT2D eigenvalue weighted by Crippen LogP contribution is -2.62. The van der Waals surface area contributed by atoms with Crippen molar-refractivity contribution in [3.8, 4) is 0 Å². The van der Waals surface area contributed by atoms with E-state index in [1.807, 2.05) is 6.92 Å². The summed E-state index contributed by atoms with van der Waals surface area (Å²) in [7, 11) is -2.02. The van der Waals surface area contributed by atoms with Gasteiger partial charge in [-0.1, -0.05) is 56.8 Å². The zero-order chi connectivity index (χ0) is 22.7. The largest absolute Gasteiger partial charge is 0.477 e. The van der Waals surface area contributed by atoms with Gasteiger partial charge in [0.2, 0.25) is 5.91 Å². The molecule has 31 heavy (non-hydrogen) atoms. The second-order valence-electron chi connectivity index (χ2n) is 10.2. The van der Waals surface area contributed by atoms with Gasteiger partial charge in [-0.25, -0.2) is 4.79 Å². The van der Waals surface area contributed by atoms with Gasteiger partial charge in [0.15, 0.2) is 14.0 Å². The highest BCUT2D eigenvalue weighted by atomic mass is 32.2. The van der Waals surface area contributed by atoms with E-state index in [9.17, 15) is 14.7 Å². The predicted molar refractivity (Wildman–Crippen MR) is 129 cm³/mol. The normalized spacial score (nSPS) is 24.8. The van der Waals surface area contributed by atoms with Crippen LogP contribution in [0.15, 0.2) is 34.2 Å².